The number of carbonyl (C=O) groups excluding carboxylic acids is 2. The van der Waals surface area contributed by atoms with E-state index in [9.17, 15) is 9.59 Å². The van der Waals surface area contributed by atoms with E-state index in [1.165, 1.54) is 0 Å². The van der Waals surface area contributed by atoms with Gasteiger partial charge in [-0.1, -0.05) is 0 Å². The van der Waals surface area contributed by atoms with Crippen LogP contribution >= 0.6 is 0 Å². The van der Waals surface area contributed by atoms with Gasteiger partial charge < -0.3 is 14.5 Å². The molecule has 0 aromatic carbocycles. The smallest absolute Gasteiger partial charge is 0.410 e. The van der Waals surface area contributed by atoms with Crippen LogP contribution in [0.2, 0.25) is 0 Å². The van der Waals surface area contributed by atoms with Gasteiger partial charge in [-0.3, -0.25) is 4.79 Å². The number of likely N-dealkylation sites (tertiary alicyclic amines) is 2. The van der Waals surface area contributed by atoms with Crippen LogP contribution in [0.5, 0.6) is 0 Å². The van der Waals surface area contributed by atoms with Gasteiger partial charge in [0.2, 0.25) is 0 Å². The highest BCUT2D eigenvalue weighted by atomic mass is 16.6. The molecule has 0 aromatic heterocycles. The number of hydrogen-bond donors (Lipinski definition) is 0. The maximum atomic E-state index is 12.0. The van der Waals surface area contributed by atoms with Crippen molar-refractivity contribution in [2.75, 3.05) is 33.2 Å². The molecule has 2 unspecified atom stereocenters. The summed E-state index contributed by atoms with van der Waals surface area (Å²) in [5, 5.41) is 0. The number of ether oxygens (including phenoxy) is 1. The average Bonchev–Trinajstić information content (AvgIpc) is 2.56. The molecule has 5 nitrogen and oxygen atoms in total. The molecule has 0 spiro atoms. The fourth-order valence-electron chi connectivity index (χ4n) is 2.76. The lowest BCUT2D eigenvalue weighted by atomic mass is 9.88. The number of piperidine rings is 1. The maximum Gasteiger partial charge on any atom is 0.410 e. The van der Waals surface area contributed by atoms with Crippen LogP contribution < -0.4 is 0 Å². The molecule has 2 rings (SSSR count). The van der Waals surface area contributed by atoms with E-state index in [1.54, 1.807) is 4.90 Å². The predicted molar refractivity (Wildman–Crippen MR) is 67.3 cm³/mol. The summed E-state index contributed by atoms with van der Waals surface area (Å²) in [4.78, 5) is 27.7. The summed E-state index contributed by atoms with van der Waals surface area (Å²) in [6, 6.07) is 0. The molecule has 0 saturated carbocycles. The van der Waals surface area contributed by atoms with E-state index in [4.69, 9.17) is 4.74 Å². The molecule has 0 bridgehead atoms. The van der Waals surface area contributed by atoms with Gasteiger partial charge in [0.1, 0.15) is 5.60 Å². The minimum Gasteiger partial charge on any atom is -0.444 e. The van der Waals surface area contributed by atoms with E-state index in [-0.39, 0.29) is 30.3 Å². The molecule has 2 fully saturated rings. The van der Waals surface area contributed by atoms with Crippen molar-refractivity contribution < 1.29 is 14.3 Å². The van der Waals surface area contributed by atoms with Crippen molar-refractivity contribution >= 4 is 11.9 Å². The highest BCUT2D eigenvalue weighted by Crippen LogP contribution is 2.28. The average molecular weight is 254 g/mol. The molecule has 0 radical (unpaired) electrons. The highest BCUT2D eigenvalue weighted by molar-refractivity contribution is 5.88. The van der Waals surface area contributed by atoms with Crippen molar-refractivity contribution in [2.24, 2.45) is 11.8 Å². The van der Waals surface area contributed by atoms with Crippen LogP contribution in [-0.2, 0) is 9.53 Å². The summed E-state index contributed by atoms with van der Waals surface area (Å²) in [5.74, 6) is 0.541. The number of rotatable bonds is 0. The molecule has 0 aromatic rings. The van der Waals surface area contributed by atoms with E-state index in [0.717, 1.165) is 13.1 Å². The number of nitrogens with zero attached hydrogens (tertiary/aromatic N) is 2. The van der Waals surface area contributed by atoms with Crippen LogP contribution in [-0.4, -0.2) is 60.5 Å². The second-order valence-corrected chi connectivity index (χ2v) is 6.41. The van der Waals surface area contributed by atoms with Crippen molar-refractivity contribution in [2.45, 2.75) is 26.4 Å². The van der Waals surface area contributed by atoms with Gasteiger partial charge in [0.15, 0.2) is 5.78 Å². The van der Waals surface area contributed by atoms with Crippen LogP contribution in [0.3, 0.4) is 0 Å². The van der Waals surface area contributed by atoms with Gasteiger partial charge in [0.25, 0.3) is 0 Å². The summed E-state index contributed by atoms with van der Waals surface area (Å²) >= 11 is 0. The van der Waals surface area contributed by atoms with E-state index < -0.39 is 5.60 Å². The zero-order chi connectivity index (χ0) is 13.5. The summed E-state index contributed by atoms with van der Waals surface area (Å²) in [6.07, 6.45) is -0.371. The zero-order valence-corrected chi connectivity index (χ0v) is 11.6. The Bertz CT molecular complexity index is 362. The fourth-order valence-corrected chi connectivity index (χ4v) is 2.76. The Morgan fingerprint density at radius 1 is 1.28 bits per heavy atom. The fraction of sp³-hybridized carbons (Fsp3) is 0.846. The number of carbonyl (C=O) groups is 2. The summed E-state index contributed by atoms with van der Waals surface area (Å²) in [6.45, 7) is 8.05. The predicted octanol–water partition coefficient (Wildman–Crippen LogP) is 0.984. The van der Waals surface area contributed by atoms with Gasteiger partial charge >= 0.3 is 6.09 Å². The lowest BCUT2D eigenvalue weighted by molar-refractivity contribution is -0.127. The first kappa shape index (κ1) is 13.3. The monoisotopic (exact) mass is 254 g/mol. The Hall–Kier alpha value is -1.10. The minimum absolute atomic E-state index is 0.105. The highest BCUT2D eigenvalue weighted by Gasteiger charge is 2.43. The van der Waals surface area contributed by atoms with Gasteiger partial charge in [-0.2, -0.15) is 0 Å². The molecule has 2 aliphatic heterocycles. The maximum absolute atomic E-state index is 12.0. The Kier molecular flexibility index (Phi) is 3.36. The molecule has 102 valence electrons. The first-order valence-corrected chi connectivity index (χ1v) is 6.45. The zero-order valence-electron chi connectivity index (χ0n) is 11.6. The summed E-state index contributed by atoms with van der Waals surface area (Å²) < 4.78 is 5.32. The third kappa shape index (κ3) is 2.83. The Morgan fingerprint density at radius 3 is 2.56 bits per heavy atom. The molecular weight excluding hydrogens is 232 g/mol. The molecule has 2 aliphatic rings. The number of fused-ring (bicyclic) bond motifs is 1. The number of hydrogen-bond acceptors (Lipinski definition) is 4. The van der Waals surface area contributed by atoms with Crippen LogP contribution in [0.4, 0.5) is 4.79 Å². The van der Waals surface area contributed by atoms with Crippen molar-refractivity contribution in [3.05, 3.63) is 0 Å². The topological polar surface area (TPSA) is 49.9 Å². The van der Waals surface area contributed by atoms with E-state index in [2.05, 4.69) is 4.90 Å². The first-order chi connectivity index (χ1) is 8.26. The van der Waals surface area contributed by atoms with E-state index in [1.807, 2.05) is 27.8 Å². The molecule has 2 saturated heterocycles. The molecule has 0 N–H and O–H groups in total. The quantitative estimate of drug-likeness (QED) is 0.646. The molecule has 18 heavy (non-hydrogen) atoms. The van der Waals surface area contributed by atoms with Crippen LogP contribution in [0, 0.1) is 11.8 Å². The van der Waals surface area contributed by atoms with Gasteiger partial charge in [0.05, 0.1) is 6.54 Å². The summed E-state index contributed by atoms with van der Waals surface area (Å²) in [5.41, 5.74) is -0.510. The van der Waals surface area contributed by atoms with Crippen molar-refractivity contribution in [1.82, 2.24) is 9.80 Å². The molecule has 5 heteroatoms. The van der Waals surface area contributed by atoms with Crippen LogP contribution in [0.1, 0.15) is 20.8 Å². The third-order valence-electron chi connectivity index (χ3n) is 3.49. The molecular formula is C13H22N2O3. The Morgan fingerprint density at radius 2 is 1.94 bits per heavy atom. The summed E-state index contributed by atoms with van der Waals surface area (Å²) in [7, 11) is 2.02. The Balaban J connectivity index is 2.00. The van der Waals surface area contributed by atoms with Crippen LogP contribution in [0.25, 0.3) is 0 Å². The molecule has 2 atom stereocenters. The van der Waals surface area contributed by atoms with Crippen molar-refractivity contribution in [3.63, 3.8) is 0 Å². The van der Waals surface area contributed by atoms with Crippen molar-refractivity contribution in [1.29, 1.82) is 0 Å². The van der Waals surface area contributed by atoms with Gasteiger partial charge in [-0.05, 0) is 27.8 Å². The van der Waals surface area contributed by atoms with Crippen molar-refractivity contribution in [3.8, 4) is 0 Å². The largest absolute Gasteiger partial charge is 0.444 e. The molecule has 1 amide bonds. The number of ketones is 1. The molecule has 0 aliphatic carbocycles. The normalized spacial score (nSPS) is 29.3. The lowest BCUT2D eigenvalue weighted by Gasteiger charge is -2.34. The first-order valence-electron chi connectivity index (χ1n) is 6.45. The van der Waals surface area contributed by atoms with E-state index >= 15 is 0 Å². The third-order valence-corrected chi connectivity index (χ3v) is 3.49. The lowest BCUT2D eigenvalue weighted by Crippen LogP contribution is -2.50. The standard InChI is InChI=1S/C13H22N2O3/c1-13(2,3)18-12(17)15-6-9-5-14(4)7-10(9)11(16)8-15/h9-10H,5-8H2,1-4H3. The molecule has 2 heterocycles. The Labute approximate surface area is 108 Å². The van der Waals surface area contributed by atoms with Gasteiger partial charge in [0, 0.05) is 31.5 Å². The SMILES string of the molecule is CN1CC2CN(C(=O)OC(C)(C)C)CC(=O)C2C1. The second kappa shape index (κ2) is 4.53. The second-order valence-electron chi connectivity index (χ2n) is 6.41. The number of Topliss-reactive ketones (excluding diaryl/α,β-unsaturated/α-hetero) is 1. The van der Waals surface area contributed by atoms with Gasteiger partial charge in [-0.15, -0.1) is 0 Å². The van der Waals surface area contributed by atoms with E-state index in [0.29, 0.717) is 6.54 Å². The van der Waals surface area contributed by atoms with Crippen LogP contribution in [0.15, 0.2) is 0 Å². The minimum atomic E-state index is -0.510. The van der Waals surface area contributed by atoms with Gasteiger partial charge in [-0.25, -0.2) is 4.79 Å². The number of amides is 1.